The van der Waals surface area contributed by atoms with Gasteiger partial charge in [-0.15, -0.1) is 0 Å². The van der Waals surface area contributed by atoms with E-state index in [2.05, 4.69) is 5.32 Å². The first-order chi connectivity index (χ1) is 8.09. The summed E-state index contributed by atoms with van der Waals surface area (Å²) in [6.45, 7) is 1.36. The van der Waals surface area contributed by atoms with Crippen LogP contribution in [0.15, 0.2) is 36.4 Å². The van der Waals surface area contributed by atoms with E-state index in [0.29, 0.717) is 6.42 Å². The van der Waals surface area contributed by atoms with Gasteiger partial charge in [0.15, 0.2) is 0 Å². The second-order valence-electron chi connectivity index (χ2n) is 3.70. The number of carbonyl (C=O) groups excluding carboxylic acids is 2. The third kappa shape index (κ3) is 4.97. The summed E-state index contributed by atoms with van der Waals surface area (Å²) in [4.78, 5) is 21.9. The Hall–Kier alpha value is -2.10. The summed E-state index contributed by atoms with van der Waals surface area (Å²) in [6.07, 6.45) is 4.10. The third-order valence-electron chi connectivity index (χ3n) is 2.20. The van der Waals surface area contributed by atoms with Crippen LogP contribution in [0.4, 0.5) is 0 Å². The van der Waals surface area contributed by atoms with Gasteiger partial charge in [0.05, 0.1) is 0 Å². The van der Waals surface area contributed by atoms with Gasteiger partial charge >= 0.3 is 0 Å². The molecule has 1 aromatic carbocycles. The summed E-state index contributed by atoms with van der Waals surface area (Å²) in [7, 11) is 0. The van der Waals surface area contributed by atoms with Crippen LogP contribution in [-0.2, 0) is 9.59 Å². The van der Waals surface area contributed by atoms with Crippen LogP contribution in [0.3, 0.4) is 0 Å². The van der Waals surface area contributed by atoms with Crippen LogP contribution in [-0.4, -0.2) is 17.9 Å². The van der Waals surface area contributed by atoms with Crippen molar-refractivity contribution < 1.29 is 9.59 Å². The van der Waals surface area contributed by atoms with Gasteiger partial charge < -0.3 is 11.1 Å². The van der Waals surface area contributed by atoms with Crippen LogP contribution in [0.25, 0.3) is 6.08 Å². The number of carbonyl (C=O) groups is 2. The number of hydrogen-bond donors (Lipinski definition) is 2. The molecule has 4 nitrogen and oxygen atoms in total. The molecule has 0 aromatic heterocycles. The molecular weight excluding hydrogens is 216 g/mol. The Morgan fingerprint density at radius 3 is 2.53 bits per heavy atom. The van der Waals surface area contributed by atoms with E-state index < -0.39 is 11.9 Å². The highest BCUT2D eigenvalue weighted by Gasteiger charge is 2.13. The van der Waals surface area contributed by atoms with Gasteiger partial charge in [-0.05, 0) is 12.0 Å². The van der Waals surface area contributed by atoms with Gasteiger partial charge in [0.25, 0.3) is 0 Å². The molecule has 0 unspecified atom stereocenters. The van der Waals surface area contributed by atoms with E-state index in [1.807, 2.05) is 42.5 Å². The number of nitrogens with two attached hydrogens (primary N) is 1. The van der Waals surface area contributed by atoms with E-state index in [9.17, 15) is 9.59 Å². The molecule has 3 N–H and O–H groups in total. The van der Waals surface area contributed by atoms with Gasteiger partial charge in [-0.25, -0.2) is 0 Å². The number of benzene rings is 1. The first-order valence-corrected chi connectivity index (χ1v) is 5.37. The molecule has 0 bridgehead atoms. The quantitative estimate of drug-likeness (QED) is 0.797. The Labute approximate surface area is 101 Å². The molecule has 90 valence electrons. The molecule has 4 heteroatoms. The standard InChI is InChI=1S/C13H16N2O2/c1-10(16)15-12(13(14)17)9-5-8-11-6-3-2-4-7-11/h2-8,12H,9H2,1H3,(H2,14,17)(H,15,16)/b8-5+/t12-/m0/s1. The van der Waals surface area contributed by atoms with Crippen LogP contribution < -0.4 is 11.1 Å². The maximum atomic E-state index is 11.1. The lowest BCUT2D eigenvalue weighted by Crippen LogP contribution is -2.43. The van der Waals surface area contributed by atoms with Crippen LogP contribution in [0, 0.1) is 0 Å². The van der Waals surface area contributed by atoms with E-state index in [4.69, 9.17) is 5.73 Å². The smallest absolute Gasteiger partial charge is 0.240 e. The average Bonchev–Trinajstić information content (AvgIpc) is 2.28. The topological polar surface area (TPSA) is 72.2 Å². The minimum atomic E-state index is -0.646. The number of nitrogens with one attached hydrogen (secondary N) is 1. The van der Waals surface area contributed by atoms with Crippen molar-refractivity contribution in [2.45, 2.75) is 19.4 Å². The lowest BCUT2D eigenvalue weighted by atomic mass is 10.1. The third-order valence-corrected chi connectivity index (χ3v) is 2.20. The van der Waals surface area contributed by atoms with Crippen LogP contribution in [0.5, 0.6) is 0 Å². The zero-order chi connectivity index (χ0) is 12.7. The molecule has 1 aromatic rings. The predicted molar refractivity (Wildman–Crippen MR) is 66.9 cm³/mol. The number of amides is 2. The first kappa shape index (κ1) is 13.0. The minimum absolute atomic E-state index is 0.262. The molecule has 0 aliphatic carbocycles. The van der Waals surface area contributed by atoms with Crippen molar-refractivity contribution in [3.63, 3.8) is 0 Å². The zero-order valence-electron chi connectivity index (χ0n) is 9.72. The summed E-state index contributed by atoms with van der Waals surface area (Å²) in [5.74, 6) is -0.792. The molecule has 17 heavy (non-hydrogen) atoms. The SMILES string of the molecule is CC(=O)N[C@@H](C/C=C/c1ccccc1)C(N)=O. The number of primary amides is 1. The Balaban J connectivity index is 2.55. The zero-order valence-corrected chi connectivity index (χ0v) is 9.72. The monoisotopic (exact) mass is 232 g/mol. The minimum Gasteiger partial charge on any atom is -0.368 e. The lowest BCUT2D eigenvalue weighted by molar-refractivity contribution is -0.126. The van der Waals surface area contributed by atoms with Crippen molar-refractivity contribution in [3.05, 3.63) is 42.0 Å². The second-order valence-corrected chi connectivity index (χ2v) is 3.70. The van der Waals surface area contributed by atoms with E-state index >= 15 is 0 Å². The van der Waals surface area contributed by atoms with Crippen molar-refractivity contribution in [1.29, 1.82) is 0 Å². The van der Waals surface area contributed by atoms with Crippen molar-refractivity contribution in [2.75, 3.05) is 0 Å². The van der Waals surface area contributed by atoms with Gasteiger partial charge in [-0.3, -0.25) is 9.59 Å². The van der Waals surface area contributed by atoms with Gasteiger partial charge in [0.1, 0.15) is 6.04 Å². The van der Waals surface area contributed by atoms with Crippen LogP contribution >= 0.6 is 0 Å². The molecule has 0 spiro atoms. The highest BCUT2D eigenvalue weighted by Crippen LogP contribution is 2.03. The summed E-state index contributed by atoms with van der Waals surface area (Å²) in [5.41, 5.74) is 6.22. The lowest BCUT2D eigenvalue weighted by Gasteiger charge is -2.11. The van der Waals surface area contributed by atoms with Crippen LogP contribution in [0.1, 0.15) is 18.9 Å². The molecule has 0 aliphatic rings. The van der Waals surface area contributed by atoms with E-state index in [1.165, 1.54) is 6.92 Å². The highest BCUT2D eigenvalue weighted by atomic mass is 16.2. The Kier molecular flexibility index (Phi) is 4.94. The number of rotatable bonds is 5. The molecule has 0 fully saturated rings. The van der Waals surface area contributed by atoms with E-state index in [-0.39, 0.29) is 5.91 Å². The molecule has 1 atom stereocenters. The van der Waals surface area contributed by atoms with Crippen molar-refractivity contribution in [3.8, 4) is 0 Å². The molecule has 0 aliphatic heterocycles. The number of hydrogen-bond acceptors (Lipinski definition) is 2. The highest BCUT2D eigenvalue weighted by molar-refractivity contribution is 5.85. The molecule has 0 heterocycles. The maximum Gasteiger partial charge on any atom is 0.240 e. The molecule has 1 rings (SSSR count). The van der Waals surface area contributed by atoms with Gasteiger partial charge in [0.2, 0.25) is 11.8 Å². The van der Waals surface area contributed by atoms with Gasteiger partial charge in [-0.2, -0.15) is 0 Å². The summed E-state index contributed by atoms with van der Waals surface area (Å²) >= 11 is 0. The summed E-state index contributed by atoms with van der Waals surface area (Å²) in [6, 6.07) is 9.05. The fourth-order valence-corrected chi connectivity index (χ4v) is 1.40. The molecule has 2 amide bonds. The molecule has 0 saturated carbocycles. The van der Waals surface area contributed by atoms with Crippen molar-refractivity contribution in [1.82, 2.24) is 5.32 Å². The Bertz CT molecular complexity index is 413. The van der Waals surface area contributed by atoms with Crippen molar-refractivity contribution in [2.24, 2.45) is 5.73 Å². The Morgan fingerprint density at radius 1 is 1.35 bits per heavy atom. The summed E-state index contributed by atoms with van der Waals surface area (Å²) < 4.78 is 0. The normalized spacial score (nSPS) is 12.3. The van der Waals surface area contributed by atoms with Gasteiger partial charge in [0, 0.05) is 6.92 Å². The molecule has 0 radical (unpaired) electrons. The van der Waals surface area contributed by atoms with E-state index in [1.54, 1.807) is 0 Å². The van der Waals surface area contributed by atoms with Gasteiger partial charge in [-0.1, -0.05) is 42.5 Å². The largest absolute Gasteiger partial charge is 0.368 e. The molecular formula is C13H16N2O2. The predicted octanol–water partition coefficient (Wildman–Crippen LogP) is 1.08. The average molecular weight is 232 g/mol. The van der Waals surface area contributed by atoms with Crippen LogP contribution in [0.2, 0.25) is 0 Å². The Morgan fingerprint density at radius 2 is 2.00 bits per heavy atom. The fourth-order valence-electron chi connectivity index (χ4n) is 1.40. The maximum absolute atomic E-state index is 11.1. The second kappa shape index (κ2) is 6.48. The van der Waals surface area contributed by atoms with E-state index in [0.717, 1.165) is 5.56 Å². The molecule has 0 saturated heterocycles. The summed E-state index contributed by atoms with van der Waals surface area (Å²) in [5, 5.41) is 2.50. The van der Waals surface area contributed by atoms with Crippen molar-refractivity contribution >= 4 is 17.9 Å². The first-order valence-electron chi connectivity index (χ1n) is 5.37. The fraction of sp³-hybridized carbons (Fsp3) is 0.231.